The number of hydrogen-bond donors (Lipinski definition) is 0. The normalized spacial score (nSPS) is 17.0. The van der Waals surface area contributed by atoms with Gasteiger partial charge in [0, 0.05) is 21.7 Å². The van der Waals surface area contributed by atoms with E-state index in [0.717, 1.165) is 21.3 Å². The minimum atomic E-state index is -5.89. The van der Waals surface area contributed by atoms with Crippen molar-refractivity contribution in [3.05, 3.63) is 123 Å². The van der Waals surface area contributed by atoms with Gasteiger partial charge in [0.05, 0.1) is 12.0 Å². The van der Waals surface area contributed by atoms with Crippen molar-refractivity contribution in [1.29, 1.82) is 0 Å². The monoisotopic (exact) mass is 797 g/mol. The lowest BCUT2D eigenvalue weighted by molar-refractivity contribution is -0.147. The predicted octanol–water partition coefficient (Wildman–Crippen LogP) is 8.03. The zero-order chi connectivity index (χ0) is 34.6. The van der Waals surface area contributed by atoms with Gasteiger partial charge in [-0.2, -0.15) is 21.6 Å². The maximum absolute atomic E-state index is 13.8. The van der Waals surface area contributed by atoms with Gasteiger partial charge < -0.3 is 18.6 Å². The van der Waals surface area contributed by atoms with Gasteiger partial charge in [-0.3, -0.25) is 9.59 Å². The molecule has 5 rings (SSSR count). The Balaban J connectivity index is 1.47. The highest BCUT2D eigenvalue weighted by molar-refractivity contribution is 14.1. The zero-order valence-electron chi connectivity index (χ0n) is 25.2. The quantitative estimate of drug-likeness (QED) is 0.0358. The van der Waals surface area contributed by atoms with Crippen LogP contribution in [0.1, 0.15) is 48.6 Å². The first kappa shape index (κ1) is 35.1. The molecule has 1 aliphatic heterocycles. The molecule has 48 heavy (non-hydrogen) atoms. The third-order valence-electron chi connectivity index (χ3n) is 7.64. The lowest BCUT2D eigenvalue weighted by Gasteiger charge is -2.48. The molecule has 1 unspecified atom stereocenters. The van der Waals surface area contributed by atoms with Gasteiger partial charge in [0.1, 0.15) is 30.0 Å². The summed E-state index contributed by atoms with van der Waals surface area (Å²) in [7, 11) is -5.89. The molecule has 252 valence electrons. The van der Waals surface area contributed by atoms with Gasteiger partial charge in [-0.1, -0.05) is 42.5 Å². The van der Waals surface area contributed by atoms with E-state index in [9.17, 15) is 35.6 Å². The molecule has 3 atom stereocenters. The van der Waals surface area contributed by atoms with Crippen LogP contribution in [0.3, 0.4) is 0 Å². The molecule has 0 radical (unpaired) electrons. The summed E-state index contributed by atoms with van der Waals surface area (Å²) in [4.78, 5) is 27.2. The highest BCUT2D eigenvalue weighted by Crippen LogP contribution is 2.49. The second kappa shape index (κ2) is 14.5. The molecule has 0 aliphatic carbocycles. The summed E-state index contributed by atoms with van der Waals surface area (Å²) in [6.45, 7) is 1.49. The summed E-state index contributed by atoms with van der Waals surface area (Å²) < 4.78 is 92.1. The first-order valence-corrected chi connectivity index (χ1v) is 17.0. The minimum Gasteiger partial charge on any atom is -0.489 e. The molecule has 1 amide bonds. The highest BCUT2D eigenvalue weighted by Gasteiger charge is 2.50. The Bertz CT molecular complexity index is 1870. The van der Waals surface area contributed by atoms with Crippen molar-refractivity contribution in [3.63, 3.8) is 0 Å². The molecule has 14 heteroatoms. The molecule has 0 N–H and O–H groups in total. The van der Waals surface area contributed by atoms with E-state index >= 15 is 0 Å². The molecule has 1 fully saturated rings. The van der Waals surface area contributed by atoms with Gasteiger partial charge in [-0.15, -0.1) is 0 Å². The lowest BCUT2D eigenvalue weighted by atomic mass is 9.78. The molecule has 1 aliphatic rings. The van der Waals surface area contributed by atoms with E-state index in [1.165, 1.54) is 48.2 Å². The number of rotatable bonds is 12. The topological polar surface area (TPSA) is 99.2 Å². The summed E-state index contributed by atoms with van der Waals surface area (Å²) in [6.07, 6.45) is -0.301. The van der Waals surface area contributed by atoms with Crippen molar-refractivity contribution < 1.29 is 49.2 Å². The van der Waals surface area contributed by atoms with Crippen molar-refractivity contribution in [2.75, 3.05) is 4.90 Å². The van der Waals surface area contributed by atoms with Crippen molar-refractivity contribution in [1.82, 2.24) is 0 Å². The molecule has 0 spiro atoms. The smallest absolute Gasteiger partial charge is 0.489 e. The zero-order valence-corrected chi connectivity index (χ0v) is 28.2. The molecule has 0 saturated carbocycles. The predicted molar refractivity (Wildman–Crippen MR) is 176 cm³/mol. The number of halogens is 5. The van der Waals surface area contributed by atoms with Crippen LogP contribution in [0.4, 0.5) is 23.2 Å². The van der Waals surface area contributed by atoms with Gasteiger partial charge in [-0.25, -0.2) is 4.39 Å². The summed E-state index contributed by atoms with van der Waals surface area (Å²) >= 11 is 2.14. The van der Waals surface area contributed by atoms with Crippen LogP contribution in [0.25, 0.3) is 0 Å². The first-order chi connectivity index (χ1) is 22.7. The minimum absolute atomic E-state index is 0.220. The molecule has 0 aromatic heterocycles. The molecule has 1 saturated heterocycles. The average Bonchev–Trinajstić information content (AvgIpc) is 3.03. The molecule has 4 aromatic rings. The summed E-state index contributed by atoms with van der Waals surface area (Å²) in [5.74, 6) is -2.07. The number of nitrogens with zero attached hydrogens (tertiary/aromatic N) is 1. The van der Waals surface area contributed by atoms with E-state index in [2.05, 4.69) is 26.8 Å². The fourth-order valence-electron chi connectivity index (χ4n) is 5.43. The standard InChI is InChI=1S/C34H28F4INO7S/c1-21(41)46-30(23-7-9-24(35)10-8-23)18-16-28-32(29-19-25(39)11-17-31(29)45-20-22-5-3-2-4-6-22)40(33(28)42)26-12-14-27(15-13-26)47-48(43,44)34(36,37)38/h2-15,17,19,28,30,32H,16,18,20H2,1H3/t28-,30?,32+/m1/s1. The SMILES string of the molecule is CC(=O)OC(CC[C@H]1C(=O)N(c2ccc(OS(=O)(=O)C(F)(F)F)cc2)[C@@H]1c1cc(I)ccc1OCc1ccccc1)c1ccc(F)cc1. The molecular formula is C34H28F4INO7S. The Morgan fingerprint density at radius 2 is 1.62 bits per heavy atom. The van der Waals surface area contributed by atoms with E-state index in [1.807, 2.05) is 42.5 Å². The van der Waals surface area contributed by atoms with Gasteiger partial charge in [0.2, 0.25) is 5.91 Å². The van der Waals surface area contributed by atoms with Crippen molar-refractivity contribution in [2.45, 2.75) is 44.0 Å². The van der Waals surface area contributed by atoms with E-state index in [1.54, 1.807) is 6.07 Å². The van der Waals surface area contributed by atoms with Crippen LogP contribution in [0.2, 0.25) is 0 Å². The Kier molecular flexibility index (Phi) is 10.6. The number of amides is 1. The van der Waals surface area contributed by atoms with Crippen LogP contribution in [-0.2, 0) is 31.1 Å². The van der Waals surface area contributed by atoms with Crippen LogP contribution in [0, 0.1) is 15.3 Å². The number of ether oxygens (including phenoxy) is 2. The molecule has 8 nitrogen and oxygen atoms in total. The van der Waals surface area contributed by atoms with Crippen LogP contribution in [-0.4, -0.2) is 25.8 Å². The fourth-order valence-corrected chi connectivity index (χ4v) is 6.40. The van der Waals surface area contributed by atoms with Crippen LogP contribution in [0.5, 0.6) is 11.5 Å². The van der Waals surface area contributed by atoms with Crippen LogP contribution < -0.4 is 13.8 Å². The number of benzene rings is 4. The van der Waals surface area contributed by atoms with E-state index in [0.29, 0.717) is 16.9 Å². The third kappa shape index (κ3) is 8.09. The van der Waals surface area contributed by atoms with Crippen molar-refractivity contribution >= 4 is 50.3 Å². The van der Waals surface area contributed by atoms with Crippen LogP contribution >= 0.6 is 22.6 Å². The maximum Gasteiger partial charge on any atom is 0.534 e. The number of anilines is 1. The molecular weight excluding hydrogens is 769 g/mol. The fraction of sp³-hybridized carbons (Fsp3) is 0.235. The summed E-state index contributed by atoms with van der Waals surface area (Å²) in [5, 5.41) is 0. The molecule has 4 aromatic carbocycles. The Morgan fingerprint density at radius 3 is 2.25 bits per heavy atom. The molecule has 1 heterocycles. The number of carbonyl (C=O) groups is 2. The Hall–Kier alpha value is -4.18. The number of carbonyl (C=O) groups excluding carboxylic acids is 2. The van der Waals surface area contributed by atoms with Crippen LogP contribution in [0.15, 0.2) is 97.1 Å². The van der Waals surface area contributed by atoms with Crippen molar-refractivity contribution in [3.8, 4) is 11.5 Å². The largest absolute Gasteiger partial charge is 0.534 e. The first-order valence-electron chi connectivity index (χ1n) is 14.6. The second-order valence-electron chi connectivity index (χ2n) is 10.9. The summed E-state index contributed by atoms with van der Waals surface area (Å²) in [6, 6.07) is 24.5. The molecule has 0 bridgehead atoms. The van der Waals surface area contributed by atoms with Crippen molar-refractivity contribution in [2.24, 2.45) is 5.92 Å². The van der Waals surface area contributed by atoms with Gasteiger partial charge in [0.15, 0.2) is 0 Å². The third-order valence-corrected chi connectivity index (χ3v) is 9.29. The van der Waals surface area contributed by atoms with E-state index in [-0.39, 0.29) is 31.0 Å². The Morgan fingerprint density at radius 1 is 0.958 bits per heavy atom. The van der Waals surface area contributed by atoms with Gasteiger partial charge in [0.25, 0.3) is 0 Å². The van der Waals surface area contributed by atoms with Gasteiger partial charge in [-0.05, 0) is 101 Å². The van der Waals surface area contributed by atoms with E-state index < -0.39 is 51.2 Å². The second-order valence-corrected chi connectivity index (χ2v) is 13.7. The average molecular weight is 798 g/mol. The number of hydrogen-bond acceptors (Lipinski definition) is 7. The maximum atomic E-state index is 13.8. The summed E-state index contributed by atoms with van der Waals surface area (Å²) in [5.41, 5.74) is -3.21. The lowest BCUT2D eigenvalue weighted by Crippen LogP contribution is -2.55. The Labute approximate surface area is 287 Å². The number of esters is 1. The van der Waals surface area contributed by atoms with Gasteiger partial charge >= 0.3 is 21.6 Å². The number of alkyl halides is 3. The number of β-lactam (4-membered cyclic amide) rings is 1. The van der Waals surface area contributed by atoms with E-state index in [4.69, 9.17) is 9.47 Å². The highest BCUT2D eigenvalue weighted by atomic mass is 127.